The Bertz CT molecular complexity index is 281. The second-order valence-electron chi connectivity index (χ2n) is 5.03. The minimum Gasteiger partial charge on any atom is -0.378 e. The minimum absolute atomic E-state index is 0.00781. The number of amides is 1. The Hall–Kier alpha value is -0.870. The Morgan fingerprint density at radius 1 is 1.41 bits per heavy atom. The third-order valence-electron chi connectivity index (χ3n) is 3.22. The van der Waals surface area contributed by atoms with E-state index >= 15 is 0 Å². The molecule has 0 aromatic heterocycles. The van der Waals surface area contributed by atoms with E-state index in [9.17, 15) is 4.79 Å². The van der Waals surface area contributed by atoms with Gasteiger partial charge in [0, 0.05) is 25.6 Å². The number of nitrogens with one attached hydrogen (secondary N) is 1. The third-order valence-corrected chi connectivity index (χ3v) is 3.22. The van der Waals surface area contributed by atoms with E-state index in [1.165, 1.54) is 0 Å². The van der Waals surface area contributed by atoms with Crippen molar-refractivity contribution in [2.45, 2.75) is 45.8 Å². The number of nitrogens with zero attached hydrogens (tertiary/aromatic N) is 1. The molecule has 1 aliphatic heterocycles. The molecule has 0 unspecified atom stereocenters. The van der Waals surface area contributed by atoms with Gasteiger partial charge >= 0.3 is 0 Å². The molecular formula is C13H24N2O2. The van der Waals surface area contributed by atoms with Crippen LogP contribution in [-0.2, 0) is 9.53 Å². The molecule has 1 fully saturated rings. The summed E-state index contributed by atoms with van der Waals surface area (Å²) in [4.78, 5) is 13.5. The molecular weight excluding hydrogens is 216 g/mol. The molecule has 0 aromatic rings. The number of carbonyl (C=O) groups excluding carboxylic acids is 1. The van der Waals surface area contributed by atoms with Gasteiger partial charge < -0.3 is 10.1 Å². The summed E-state index contributed by atoms with van der Waals surface area (Å²) in [5, 5.41) is 2.95. The zero-order valence-corrected chi connectivity index (χ0v) is 11.3. The lowest BCUT2D eigenvalue weighted by atomic mass is 10.1. The molecule has 0 saturated carbocycles. The summed E-state index contributed by atoms with van der Waals surface area (Å²) in [6.45, 7) is 14.1. The van der Waals surface area contributed by atoms with Gasteiger partial charge in [-0.3, -0.25) is 9.69 Å². The SMILES string of the molecule is C=C(C)[C@H](CN1[C@H](C)COC[C@@H]1C)NC(C)=O. The predicted octanol–water partition coefficient (Wildman–Crippen LogP) is 1.18. The lowest BCUT2D eigenvalue weighted by Crippen LogP contribution is -2.54. The Kier molecular flexibility index (Phi) is 5.15. The van der Waals surface area contributed by atoms with Crippen LogP contribution in [0.1, 0.15) is 27.7 Å². The smallest absolute Gasteiger partial charge is 0.217 e. The van der Waals surface area contributed by atoms with Crippen LogP contribution in [0.25, 0.3) is 0 Å². The Labute approximate surface area is 104 Å². The van der Waals surface area contributed by atoms with E-state index in [0.717, 1.165) is 25.3 Å². The summed E-state index contributed by atoms with van der Waals surface area (Å²) in [6.07, 6.45) is 0. The second-order valence-corrected chi connectivity index (χ2v) is 5.03. The van der Waals surface area contributed by atoms with Gasteiger partial charge in [-0.05, 0) is 20.8 Å². The lowest BCUT2D eigenvalue weighted by molar-refractivity contribution is -0.119. The zero-order valence-electron chi connectivity index (χ0n) is 11.3. The summed E-state index contributed by atoms with van der Waals surface area (Å²) in [5.74, 6) is -0.00781. The predicted molar refractivity (Wildman–Crippen MR) is 68.9 cm³/mol. The van der Waals surface area contributed by atoms with Crippen LogP contribution in [0.2, 0.25) is 0 Å². The molecule has 98 valence electrons. The first-order valence-electron chi connectivity index (χ1n) is 6.17. The van der Waals surface area contributed by atoms with Crippen LogP contribution in [0.5, 0.6) is 0 Å². The highest BCUT2D eigenvalue weighted by Gasteiger charge is 2.28. The van der Waals surface area contributed by atoms with Gasteiger partial charge in [-0.25, -0.2) is 0 Å². The maximum absolute atomic E-state index is 11.2. The van der Waals surface area contributed by atoms with E-state index in [1.807, 2.05) is 6.92 Å². The van der Waals surface area contributed by atoms with Crippen molar-refractivity contribution in [3.63, 3.8) is 0 Å². The van der Waals surface area contributed by atoms with Crippen LogP contribution in [0.15, 0.2) is 12.2 Å². The van der Waals surface area contributed by atoms with Gasteiger partial charge in [-0.2, -0.15) is 0 Å². The van der Waals surface area contributed by atoms with Crippen molar-refractivity contribution in [2.24, 2.45) is 0 Å². The van der Waals surface area contributed by atoms with Gasteiger partial charge in [0.15, 0.2) is 0 Å². The van der Waals surface area contributed by atoms with Crippen molar-refractivity contribution in [2.75, 3.05) is 19.8 Å². The summed E-state index contributed by atoms with van der Waals surface area (Å²) in [7, 11) is 0. The Morgan fingerprint density at radius 2 is 1.94 bits per heavy atom. The maximum Gasteiger partial charge on any atom is 0.217 e. The molecule has 0 aromatic carbocycles. The average Bonchev–Trinajstić information content (AvgIpc) is 2.21. The van der Waals surface area contributed by atoms with Crippen LogP contribution in [0.4, 0.5) is 0 Å². The highest BCUT2D eigenvalue weighted by Crippen LogP contribution is 2.15. The molecule has 1 heterocycles. The summed E-state index contributed by atoms with van der Waals surface area (Å²) in [6, 6.07) is 0.791. The first kappa shape index (κ1) is 14.2. The Balaban J connectivity index is 2.64. The average molecular weight is 240 g/mol. The zero-order chi connectivity index (χ0) is 13.0. The third kappa shape index (κ3) is 4.13. The van der Waals surface area contributed by atoms with Crippen molar-refractivity contribution in [3.05, 3.63) is 12.2 Å². The van der Waals surface area contributed by atoms with E-state index < -0.39 is 0 Å². The molecule has 1 aliphatic rings. The molecule has 4 heteroatoms. The number of hydrogen-bond acceptors (Lipinski definition) is 3. The van der Waals surface area contributed by atoms with Gasteiger partial charge in [-0.1, -0.05) is 12.2 Å². The van der Waals surface area contributed by atoms with Crippen LogP contribution >= 0.6 is 0 Å². The van der Waals surface area contributed by atoms with Gasteiger partial charge in [0.05, 0.1) is 19.3 Å². The molecule has 17 heavy (non-hydrogen) atoms. The lowest BCUT2D eigenvalue weighted by Gasteiger charge is -2.40. The van der Waals surface area contributed by atoms with Crippen molar-refractivity contribution in [3.8, 4) is 0 Å². The monoisotopic (exact) mass is 240 g/mol. The second kappa shape index (κ2) is 6.17. The van der Waals surface area contributed by atoms with Gasteiger partial charge in [-0.15, -0.1) is 0 Å². The number of carbonyl (C=O) groups is 1. The molecule has 1 saturated heterocycles. The first-order valence-corrected chi connectivity index (χ1v) is 6.17. The molecule has 1 N–H and O–H groups in total. The maximum atomic E-state index is 11.2. The van der Waals surface area contributed by atoms with E-state index in [4.69, 9.17) is 4.74 Å². The fraction of sp³-hybridized carbons (Fsp3) is 0.769. The molecule has 0 bridgehead atoms. The number of morpholine rings is 1. The summed E-state index contributed by atoms with van der Waals surface area (Å²) in [5.41, 5.74) is 0.992. The molecule has 3 atom stereocenters. The van der Waals surface area contributed by atoms with E-state index in [-0.39, 0.29) is 11.9 Å². The first-order chi connectivity index (χ1) is 7.91. The van der Waals surface area contributed by atoms with E-state index in [0.29, 0.717) is 12.1 Å². The highest BCUT2D eigenvalue weighted by atomic mass is 16.5. The minimum atomic E-state index is -0.00781. The normalized spacial score (nSPS) is 27.5. The van der Waals surface area contributed by atoms with Gasteiger partial charge in [0.1, 0.15) is 0 Å². The fourth-order valence-electron chi connectivity index (χ4n) is 2.18. The van der Waals surface area contributed by atoms with Crippen LogP contribution in [0.3, 0.4) is 0 Å². The van der Waals surface area contributed by atoms with Crippen LogP contribution in [-0.4, -0.2) is 48.7 Å². The highest BCUT2D eigenvalue weighted by molar-refractivity contribution is 5.73. The molecule has 0 spiro atoms. The molecule has 1 amide bonds. The largest absolute Gasteiger partial charge is 0.378 e. The van der Waals surface area contributed by atoms with Gasteiger partial charge in [0.25, 0.3) is 0 Å². The number of rotatable bonds is 4. The molecule has 1 rings (SSSR count). The summed E-state index contributed by atoms with van der Waals surface area (Å²) < 4.78 is 5.50. The van der Waals surface area contributed by atoms with E-state index in [1.54, 1.807) is 6.92 Å². The van der Waals surface area contributed by atoms with Crippen molar-refractivity contribution in [1.29, 1.82) is 0 Å². The van der Waals surface area contributed by atoms with Crippen molar-refractivity contribution in [1.82, 2.24) is 10.2 Å². The quantitative estimate of drug-likeness (QED) is 0.750. The number of ether oxygens (including phenoxy) is 1. The molecule has 0 radical (unpaired) electrons. The van der Waals surface area contributed by atoms with Crippen LogP contribution in [0, 0.1) is 0 Å². The molecule has 0 aliphatic carbocycles. The topological polar surface area (TPSA) is 41.6 Å². The van der Waals surface area contributed by atoms with Crippen molar-refractivity contribution >= 4 is 5.91 Å². The number of hydrogen-bond donors (Lipinski definition) is 1. The fourth-order valence-corrected chi connectivity index (χ4v) is 2.18. The Morgan fingerprint density at radius 3 is 2.35 bits per heavy atom. The summed E-state index contributed by atoms with van der Waals surface area (Å²) >= 11 is 0. The van der Waals surface area contributed by atoms with Crippen molar-refractivity contribution < 1.29 is 9.53 Å². The van der Waals surface area contributed by atoms with Gasteiger partial charge in [0.2, 0.25) is 5.91 Å². The van der Waals surface area contributed by atoms with E-state index in [2.05, 4.69) is 30.6 Å². The molecule has 4 nitrogen and oxygen atoms in total. The standard InChI is InChI=1S/C13H24N2O2/c1-9(2)13(14-12(5)16)6-15-10(3)7-17-8-11(15)4/h10-11,13H,1,6-8H2,2-5H3,(H,14,16)/t10-,11+,13-/m0/s1. The van der Waals surface area contributed by atoms with Crippen LogP contribution < -0.4 is 5.32 Å².